The molecule has 0 unspecified atom stereocenters. The number of benzene rings is 1. The van der Waals surface area contributed by atoms with Crippen LogP contribution in [0, 0.1) is 6.92 Å². The average molecular weight is 387 g/mol. The zero-order chi connectivity index (χ0) is 19.6. The Bertz CT molecular complexity index is 649. The predicted octanol–water partition coefficient (Wildman–Crippen LogP) is 2.33. The number of carbonyl (C=O) groups excluding carboxylic acids is 1. The second-order valence-electron chi connectivity index (χ2n) is 6.79. The Kier molecular flexibility index (Phi) is 9.04. The first-order chi connectivity index (χ1) is 12.1. The molecule has 0 saturated carbocycles. The largest absolute Gasteiger partial charge is 0.444 e. The van der Waals surface area contributed by atoms with Gasteiger partial charge in [-0.25, -0.2) is 13.2 Å². The Morgan fingerprint density at radius 2 is 1.58 bits per heavy atom. The van der Waals surface area contributed by atoms with Crippen LogP contribution in [0.2, 0.25) is 0 Å². The molecule has 7 nitrogen and oxygen atoms in total. The lowest BCUT2D eigenvalue weighted by Gasteiger charge is -2.19. The Labute approximate surface area is 155 Å². The van der Waals surface area contributed by atoms with Gasteiger partial charge < -0.3 is 19.5 Å². The van der Waals surface area contributed by atoms with Gasteiger partial charge in [-0.15, -0.1) is 0 Å². The molecule has 0 aliphatic carbocycles. The summed E-state index contributed by atoms with van der Waals surface area (Å²) in [6.45, 7) is 8.65. The molecule has 0 bridgehead atoms. The molecule has 0 atom stereocenters. The molecule has 0 aliphatic heterocycles. The van der Waals surface area contributed by atoms with Crippen molar-refractivity contribution in [2.45, 2.75) is 38.2 Å². The van der Waals surface area contributed by atoms with Crippen LogP contribution in [-0.2, 0) is 24.0 Å². The fourth-order valence-electron chi connectivity index (χ4n) is 1.89. The van der Waals surface area contributed by atoms with Crippen molar-refractivity contribution in [3.05, 3.63) is 29.8 Å². The van der Waals surface area contributed by atoms with Crippen molar-refractivity contribution in [1.82, 2.24) is 5.32 Å². The average Bonchev–Trinajstić information content (AvgIpc) is 2.52. The zero-order valence-corrected chi connectivity index (χ0v) is 16.7. The SMILES string of the molecule is Cc1ccc(S(=O)(=O)CCOCCOCCNC(=O)OC(C)(C)C)cc1. The summed E-state index contributed by atoms with van der Waals surface area (Å²) in [6, 6.07) is 6.75. The Balaban J connectivity index is 2.07. The van der Waals surface area contributed by atoms with Crippen molar-refractivity contribution < 1.29 is 27.4 Å². The number of amides is 1. The van der Waals surface area contributed by atoms with Gasteiger partial charge in [0.2, 0.25) is 0 Å². The minimum absolute atomic E-state index is 0.0732. The van der Waals surface area contributed by atoms with Crippen LogP contribution in [0.25, 0.3) is 0 Å². The van der Waals surface area contributed by atoms with Gasteiger partial charge in [-0.1, -0.05) is 17.7 Å². The van der Waals surface area contributed by atoms with Crippen molar-refractivity contribution in [3.63, 3.8) is 0 Å². The molecule has 0 saturated heterocycles. The molecule has 0 aliphatic rings. The fraction of sp³-hybridized carbons (Fsp3) is 0.611. The molecule has 0 fully saturated rings. The lowest BCUT2D eigenvalue weighted by atomic mass is 10.2. The van der Waals surface area contributed by atoms with Crippen LogP contribution >= 0.6 is 0 Å². The normalized spacial score (nSPS) is 12.0. The Morgan fingerprint density at radius 1 is 1.00 bits per heavy atom. The molecular formula is C18H29NO6S. The summed E-state index contributed by atoms with van der Waals surface area (Å²) in [5.41, 5.74) is 0.482. The molecule has 1 aromatic rings. The molecular weight excluding hydrogens is 358 g/mol. The van der Waals surface area contributed by atoms with E-state index in [4.69, 9.17) is 14.2 Å². The molecule has 26 heavy (non-hydrogen) atoms. The number of carbonyl (C=O) groups is 1. The lowest BCUT2D eigenvalue weighted by molar-refractivity contribution is 0.0423. The van der Waals surface area contributed by atoms with Crippen LogP contribution in [0.1, 0.15) is 26.3 Å². The lowest BCUT2D eigenvalue weighted by Crippen LogP contribution is -2.34. The fourth-order valence-corrected chi connectivity index (χ4v) is 3.02. The molecule has 148 valence electrons. The van der Waals surface area contributed by atoms with Gasteiger partial charge in [-0.3, -0.25) is 0 Å². The quantitative estimate of drug-likeness (QED) is 0.620. The highest BCUT2D eigenvalue weighted by molar-refractivity contribution is 7.91. The molecule has 0 radical (unpaired) electrons. The van der Waals surface area contributed by atoms with Crippen molar-refractivity contribution in [1.29, 1.82) is 0 Å². The summed E-state index contributed by atoms with van der Waals surface area (Å²) >= 11 is 0. The summed E-state index contributed by atoms with van der Waals surface area (Å²) in [4.78, 5) is 11.7. The minimum atomic E-state index is -3.33. The highest BCUT2D eigenvalue weighted by Crippen LogP contribution is 2.12. The number of rotatable bonds is 10. The first-order valence-corrected chi connectivity index (χ1v) is 10.2. The van der Waals surface area contributed by atoms with E-state index in [1.807, 2.05) is 6.92 Å². The van der Waals surface area contributed by atoms with Gasteiger partial charge >= 0.3 is 6.09 Å². The highest BCUT2D eigenvalue weighted by atomic mass is 32.2. The van der Waals surface area contributed by atoms with Crippen LogP contribution in [0.5, 0.6) is 0 Å². The number of hydrogen-bond acceptors (Lipinski definition) is 6. The van der Waals surface area contributed by atoms with Gasteiger partial charge in [0, 0.05) is 6.54 Å². The van der Waals surface area contributed by atoms with E-state index in [9.17, 15) is 13.2 Å². The maximum atomic E-state index is 12.1. The number of alkyl carbamates (subject to hydrolysis) is 1. The maximum absolute atomic E-state index is 12.1. The second kappa shape index (κ2) is 10.5. The van der Waals surface area contributed by atoms with Crippen molar-refractivity contribution >= 4 is 15.9 Å². The van der Waals surface area contributed by atoms with Crippen molar-refractivity contribution in [3.8, 4) is 0 Å². The van der Waals surface area contributed by atoms with Crippen LogP contribution in [0.15, 0.2) is 29.2 Å². The van der Waals surface area contributed by atoms with E-state index in [1.54, 1.807) is 45.0 Å². The molecule has 0 spiro atoms. The molecule has 1 N–H and O–H groups in total. The third kappa shape index (κ3) is 9.74. The van der Waals surface area contributed by atoms with E-state index in [0.29, 0.717) is 24.7 Å². The predicted molar refractivity (Wildman–Crippen MR) is 99.1 cm³/mol. The number of hydrogen-bond donors (Lipinski definition) is 1. The molecule has 0 aromatic heterocycles. The van der Waals surface area contributed by atoms with E-state index in [0.717, 1.165) is 5.56 Å². The third-order valence-corrected chi connectivity index (χ3v) is 4.86. The molecule has 1 amide bonds. The molecule has 0 heterocycles. The number of nitrogens with one attached hydrogen (secondary N) is 1. The first kappa shape index (κ1) is 22.4. The van der Waals surface area contributed by atoms with Crippen LogP contribution in [0.4, 0.5) is 4.79 Å². The van der Waals surface area contributed by atoms with E-state index in [-0.39, 0.29) is 19.0 Å². The Hall–Kier alpha value is -1.64. The summed E-state index contributed by atoms with van der Waals surface area (Å²) in [7, 11) is -3.33. The Morgan fingerprint density at radius 3 is 2.15 bits per heavy atom. The molecule has 1 aromatic carbocycles. The van der Waals surface area contributed by atoms with E-state index >= 15 is 0 Å². The monoisotopic (exact) mass is 387 g/mol. The first-order valence-electron chi connectivity index (χ1n) is 8.52. The van der Waals surface area contributed by atoms with Gasteiger partial charge in [-0.05, 0) is 39.8 Å². The van der Waals surface area contributed by atoms with E-state index in [1.165, 1.54) is 0 Å². The summed E-state index contributed by atoms with van der Waals surface area (Å²) in [5, 5.41) is 2.58. The standard InChI is InChI=1S/C18H29NO6S/c1-15-5-7-16(8-6-15)26(21,22)14-13-24-12-11-23-10-9-19-17(20)25-18(2,3)4/h5-8H,9-14H2,1-4H3,(H,19,20). The van der Waals surface area contributed by atoms with Gasteiger partial charge in [0.1, 0.15) is 5.60 Å². The summed E-state index contributed by atoms with van der Waals surface area (Å²) in [6.07, 6.45) is -0.487. The minimum Gasteiger partial charge on any atom is -0.444 e. The van der Waals surface area contributed by atoms with Gasteiger partial charge in [-0.2, -0.15) is 0 Å². The second-order valence-corrected chi connectivity index (χ2v) is 8.89. The van der Waals surface area contributed by atoms with Gasteiger partial charge in [0.15, 0.2) is 9.84 Å². The molecule has 1 rings (SSSR count). The van der Waals surface area contributed by atoms with E-state index in [2.05, 4.69) is 5.32 Å². The maximum Gasteiger partial charge on any atom is 0.407 e. The summed E-state index contributed by atoms with van der Waals surface area (Å²) < 4.78 is 39.9. The molecule has 8 heteroatoms. The summed E-state index contributed by atoms with van der Waals surface area (Å²) in [5.74, 6) is -0.0732. The van der Waals surface area contributed by atoms with E-state index < -0.39 is 21.5 Å². The third-order valence-electron chi connectivity index (χ3n) is 3.16. The number of sulfone groups is 1. The topological polar surface area (TPSA) is 90.9 Å². The van der Waals surface area contributed by atoms with Crippen molar-refractivity contribution in [2.75, 3.05) is 38.7 Å². The zero-order valence-electron chi connectivity index (χ0n) is 15.9. The van der Waals surface area contributed by atoms with Gasteiger partial charge in [0.25, 0.3) is 0 Å². The van der Waals surface area contributed by atoms with Crippen LogP contribution < -0.4 is 5.32 Å². The van der Waals surface area contributed by atoms with Gasteiger partial charge in [0.05, 0.1) is 37.1 Å². The van der Waals surface area contributed by atoms with Crippen LogP contribution in [-0.4, -0.2) is 58.8 Å². The van der Waals surface area contributed by atoms with Crippen molar-refractivity contribution in [2.24, 2.45) is 0 Å². The number of ether oxygens (including phenoxy) is 3. The van der Waals surface area contributed by atoms with Crippen LogP contribution in [0.3, 0.4) is 0 Å². The number of aryl methyl sites for hydroxylation is 1. The highest BCUT2D eigenvalue weighted by Gasteiger charge is 2.15. The smallest absolute Gasteiger partial charge is 0.407 e.